The Morgan fingerprint density at radius 2 is 1.84 bits per heavy atom. The van der Waals surface area contributed by atoms with Crippen molar-refractivity contribution in [3.8, 4) is 0 Å². The van der Waals surface area contributed by atoms with Crippen LogP contribution in [0.2, 0.25) is 0 Å². The normalized spacial score (nSPS) is 12.8. The molecule has 0 aliphatic carbocycles. The summed E-state index contributed by atoms with van der Waals surface area (Å²) in [5.41, 5.74) is 0. The summed E-state index contributed by atoms with van der Waals surface area (Å²) < 4.78 is 15.6. The van der Waals surface area contributed by atoms with Gasteiger partial charge < -0.3 is 24.6 Å². The Hall–Kier alpha value is -0.200. The molecule has 116 valence electrons. The van der Waals surface area contributed by atoms with Gasteiger partial charge in [-0.3, -0.25) is 0 Å². The van der Waals surface area contributed by atoms with Crippen LogP contribution in [0.15, 0.2) is 0 Å². The number of aliphatic hydroxyl groups is 1. The first-order valence-corrected chi connectivity index (χ1v) is 7.34. The fourth-order valence-corrected chi connectivity index (χ4v) is 1.57. The monoisotopic (exact) mass is 277 g/mol. The second-order valence-electron chi connectivity index (χ2n) is 4.60. The third-order valence-corrected chi connectivity index (χ3v) is 2.69. The summed E-state index contributed by atoms with van der Waals surface area (Å²) in [5, 5.41) is 12.8. The van der Waals surface area contributed by atoms with Crippen LogP contribution in [0.5, 0.6) is 0 Å². The number of hydrogen-bond donors (Lipinski definition) is 2. The van der Waals surface area contributed by atoms with Crippen LogP contribution in [-0.2, 0) is 14.2 Å². The smallest absolute Gasteiger partial charge is 0.0897 e. The van der Waals surface area contributed by atoms with Crippen molar-refractivity contribution in [2.24, 2.45) is 0 Å². The second kappa shape index (κ2) is 15.9. The highest BCUT2D eigenvalue weighted by atomic mass is 16.5. The van der Waals surface area contributed by atoms with Crippen LogP contribution in [-0.4, -0.2) is 64.4 Å². The minimum absolute atomic E-state index is 0.406. The first kappa shape index (κ1) is 18.8. The SMILES string of the molecule is CCCCCCOCC(O)CNCCOCCOC. The number of rotatable bonds is 15. The maximum atomic E-state index is 9.64. The summed E-state index contributed by atoms with van der Waals surface area (Å²) in [4.78, 5) is 0. The van der Waals surface area contributed by atoms with Crippen molar-refractivity contribution in [2.45, 2.75) is 38.7 Å². The standard InChI is InChI=1S/C14H31NO4/c1-3-4-5-6-8-19-13-14(16)12-15-7-9-18-11-10-17-2/h14-16H,3-13H2,1-2H3. The zero-order chi connectivity index (χ0) is 14.2. The number of methoxy groups -OCH3 is 1. The van der Waals surface area contributed by atoms with E-state index in [2.05, 4.69) is 12.2 Å². The first-order chi connectivity index (χ1) is 9.31. The lowest BCUT2D eigenvalue weighted by molar-refractivity contribution is 0.0330. The van der Waals surface area contributed by atoms with Gasteiger partial charge in [0.25, 0.3) is 0 Å². The molecule has 5 heteroatoms. The van der Waals surface area contributed by atoms with Crippen molar-refractivity contribution in [2.75, 3.05) is 53.2 Å². The lowest BCUT2D eigenvalue weighted by atomic mass is 10.2. The van der Waals surface area contributed by atoms with E-state index in [4.69, 9.17) is 14.2 Å². The zero-order valence-electron chi connectivity index (χ0n) is 12.5. The molecule has 0 heterocycles. The largest absolute Gasteiger partial charge is 0.389 e. The van der Waals surface area contributed by atoms with E-state index in [-0.39, 0.29) is 0 Å². The third kappa shape index (κ3) is 15.7. The van der Waals surface area contributed by atoms with Crippen molar-refractivity contribution in [1.82, 2.24) is 5.32 Å². The van der Waals surface area contributed by atoms with Crippen molar-refractivity contribution in [3.05, 3.63) is 0 Å². The molecule has 0 aliphatic rings. The Morgan fingerprint density at radius 3 is 2.58 bits per heavy atom. The van der Waals surface area contributed by atoms with Crippen LogP contribution in [0.4, 0.5) is 0 Å². The molecule has 0 aliphatic heterocycles. The van der Waals surface area contributed by atoms with Crippen molar-refractivity contribution >= 4 is 0 Å². The van der Waals surface area contributed by atoms with E-state index in [9.17, 15) is 5.11 Å². The van der Waals surface area contributed by atoms with Crippen molar-refractivity contribution in [1.29, 1.82) is 0 Å². The molecule has 0 saturated carbocycles. The molecule has 0 fully saturated rings. The van der Waals surface area contributed by atoms with E-state index in [0.717, 1.165) is 19.6 Å². The van der Waals surface area contributed by atoms with Gasteiger partial charge in [-0.2, -0.15) is 0 Å². The first-order valence-electron chi connectivity index (χ1n) is 7.34. The van der Waals surface area contributed by atoms with Gasteiger partial charge >= 0.3 is 0 Å². The Kier molecular flexibility index (Phi) is 15.7. The van der Waals surface area contributed by atoms with Gasteiger partial charge in [-0.1, -0.05) is 26.2 Å². The lowest BCUT2D eigenvalue weighted by Crippen LogP contribution is -2.32. The van der Waals surface area contributed by atoms with Crippen LogP contribution < -0.4 is 5.32 Å². The topological polar surface area (TPSA) is 60.0 Å². The average Bonchev–Trinajstić information content (AvgIpc) is 2.41. The van der Waals surface area contributed by atoms with E-state index in [1.807, 2.05) is 0 Å². The number of unbranched alkanes of at least 4 members (excludes halogenated alkanes) is 3. The van der Waals surface area contributed by atoms with E-state index < -0.39 is 6.10 Å². The Bertz CT molecular complexity index is 170. The predicted molar refractivity (Wildman–Crippen MR) is 76.5 cm³/mol. The highest BCUT2D eigenvalue weighted by molar-refractivity contribution is 4.58. The number of hydrogen-bond acceptors (Lipinski definition) is 5. The van der Waals surface area contributed by atoms with Gasteiger partial charge in [0, 0.05) is 26.8 Å². The summed E-state index contributed by atoms with van der Waals surface area (Å²) in [7, 11) is 1.65. The fraction of sp³-hybridized carbons (Fsp3) is 1.00. The Morgan fingerprint density at radius 1 is 1.00 bits per heavy atom. The maximum absolute atomic E-state index is 9.64. The fourth-order valence-electron chi connectivity index (χ4n) is 1.57. The van der Waals surface area contributed by atoms with Crippen molar-refractivity contribution in [3.63, 3.8) is 0 Å². The summed E-state index contributed by atoms with van der Waals surface area (Å²) in [6.07, 6.45) is 4.35. The molecular formula is C14H31NO4. The Labute approximate surface area is 117 Å². The summed E-state index contributed by atoms with van der Waals surface area (Å²) in [6.45, 7) is 6.49. The molecule has 5 nitrogen and oxygen atoms in total. The molecule has 0 aromatic heterocycles. The highest BCUT2D eigenvalue weighted by Crippen LogP contribution is 1.99. The number of aliphatic hydroxyl groups excluding tert-OH is 1. The Balaban J connectivity index is 3.10. The lowest BCUT2D eigenvalue weighted by Gasteiger charge is -2.12. The van der Waals surface area contributed by atoms with E-state index in [1.54, 1.807) is 7.11 Å². The predicted octanol–water partition coefficient (Wildman–Crippen LogP) is 1.20. The third-order valence-electron chi connectivity index (χ3n) is 2.69. The number of nitrogens with one attached hydrogen (secondary N) is 1. The van der Waals surface area contributed by atoms with Crippen LogP contribution >= 0.6 is 0 Å². The van der Waals surface area contributed by atoms with E-state index >= 15 is 0 Å². The van der Waals surface area contributed by atoms with Gasteiger partial charge in [0.05, 0.1) is 32.5 Å². The highest BCUT2D eigenvalue weighted by Gasteiger charge is 2.03. The maximum Gasteiger partial charge on any atom is 0.0897 e. The van der Waals surface area contributed by atoms with Gasteiger partial charge in [-0.15, -0.1) is 0 Å². The van der Waals surface area contributed by atoms with Crippen LogP contribution in [0, 0.1) is 0 Å². The molecule has 0 saturated heterocycles. The molecule has 0 aromatic carbocycles. The van der Waals surface area contributed by atoms with Crippen LogP contribution in [0.3, 0.4) is 0 Å². The minimum atomic E-state index is -0.440. The molecule has 0 rings (SSSR count). The summed E-state index contributed by atoms with van der Waals surface area (Å²) >= 11 is 0. The van der Waals surface area contributed by atoms with Crippen molar-refractivity contribution < 1.29 is 19.3 Å². The average molecular weight is 277 g/mol. The molecule has 0 bridgehead atoms. The van der Waals surface area contributed by atoms with E-state index in [1.165, 1.54) is 19.3 Å². The molecule has 0 spiro atoms. The zero-order valence-corrected chi connectivity index (χ0v) is 12.5. The van der Waals surface area contributed by atoms with Gasteiger partial charge in [-0.05, 0) is 6.42 Å². The molecule has 0 amide bonds. The summed E-state index contributed by atoms with van der Waals surface area (Å²) in [6, 6.07) is 0. The van der Waals surface area contributed by atoms with Crippen LogP contribution in [0.25, 0.3) is 0 Å². The molecule has 2 N–H and O–H groups in total. The molecule has 1 atom stereocenters. The summed E-state index contributed by atoms with van der Waals surface area (Å²) in [5.74, 6) is 0. The van der Waals surface area contributed by atoms with Crippen LogP contribution in [0.1, 0.15) is 32.6 Å². The molecule has 0 aromatic rings. The quantitative estimate of drug-likeness (QED) is 0.440. The molecule has 19 heavy (non-hydrogen) atoms. The minimum Gasteiger partial charge on any atom is -0.389 e. The van der Waals surface area contributed by atoms with Gasteiger partial charge in [0.1, 0.15) is 0 Å². The van der Waals surface area contributed by atoms with Gasteiger partial charge in [0.15, 0.2) is 0 Å². The van der Waals surface area contributed by atoms with Gasteiger partial charge in [-0.25, -0.2) is 0 Å². The molecule has 1 unspecified atom stereocenters. The number of ether oxygens (including phenoxy) is 3. The second-order valence-corrected chi connectivity index (χ2v) is 4.60. The molecular weight excluding hydrogens is 246 g/mol. The molecule has 0 radical (unpaired) electrons. The van der Waals surface area contributed by atoms with Gasteiger partial charge in [0.2, 0.25) is 0 Å². The van der Waals surface area contributed by atoms with E-state index in [0.29, 0.717) is 33.0 Å².